The van der Waals surface area contributed by atoms with Crippen molar-refractivity contribution in [3.63, 3.8) is 0 Å². The molecule has 178 valence electrons. The van der Waals surface area contributed by atoms with E-state index in [4.69, 9.17) is 11.6 Å². The molecule has 3 amide bonds. The summed E-state index contributed by atoms with van der Waals surface area (Å²) in [7, 11) is 1.43. The van der Waals surface area contributed by atoms with Crippen LogP contribution >= 0.6 is 23.1 Å². The highest BCUT2D eigenvalue weighted by atomic mass is 35.5. The summed E-state index contributed by atoms with van der Waals surface area (Å²) in [6.07, 6.45) is 0. The highest BCUT2D eigenvalue weighted by Crippen LogP contribution is 2.39. The molecule has 0 spiro atoms. The second kappa shape index (κ2) is 8.75. The molecule has 12 heteroatoms. The van der Waals surface area contributed by atoms with Crippen LogP contribution in [0.5, 0.6) is 0 Å². The summed E-state index contributed by atoms with van der Waals surface area (Å²) in [5.74, 6) is -2.14. The molecule has 1 aliphatic rings. The second-order valence-corrected chi connectivity index (χ2v) is 9.10. The van der Waals surface area contributed by atoms with Crippen molar-refractivity contribution >= 4 is 56.8 Å². The van der Waals surface area contributed by atoms with Crippen LogP contribution in [0.15, 0.2) is 42.5 Å². The van der Waals surface area contributed by atoms with Crippen LogP contribution in [0.2, 0.25) is 5.02 Å². The van der Waals surface area contributed by atoms with Crippen LogP contribution in [0, 0.1) is 5.82 Å². The number of fused-ring (bicyclic) bond motifs is 2. The van der Waals surface area contributed by atoms with E-state index >= 15 is 0 Å². The van der Waals surface area contributed by atoms with Gasteiger partial charge in [0, 0.05) is 23.0 Å². The van der Waals surface area contributed by atoms with Gasteiger partial charge in [-0.1, -0.05) is 29.8 Å². The number of nitrogens with zero attached hydrogens (tertiary/aromatic N) is 3. The molecule has 9 nitrogen and oxygen atoms in total. The van der Waals surface area contributed by atoms with Gasteiger partial charge in [0.2, 0.25) is 11.7 Å². The normalized spacial score (nSPS) is 17.1. The summed E-state index contributed by atoms with van der Waals surface area (Å²) in [5, 5.41) is 8.91. The number of carbonyl (C=O) groups excluding carboxylic acids is 3. The molecule has 0 saturated carbocycles. The highest BCUT2D eigenvalue weighted by Gasteiger charge is 2.39. The fraction of sp³-hybridized carbons (Fsp3) is 0.174. The fourth-order valence-corrected chi connectivity index (χ4v) is 5.10. The van der Waals surface area contributed by atoms with Gasteiger partial charge in [0.1, 0.15) is 17.6 Å². The molecule has 2 aromatic carbocycles. The number of nitrogens with one attached hydrogen (secondary N) is 3. The van der Waals surface area contributed by atoms with Crippen LogP contribution in [0.25, 0.3) is 10.1 Å². The summed E-state index contributed by atoms with van der Waals surface area (Å²) in [6.45, 7) is 1.59. The lowest BCUT2D eigenvalue weighted by Crippen LogP contribution is -2.43. The van der Waals surface area contributed by atoms with Gasteiger partial charge in [-0.05, 0) is 42.7 Å². The van der Waals surface area contributed by atoms with E-state index in [1.54, 1.807) is 19.1 Å². The summed E-state index contributed by atoms with van der Waals surface area (Å²) in [4.78, 5) is 43.1. The van der Waals surface area contributed by atoms with Crippen molar-refractivity contribution in [2.45, 2.75) is 19.0 Å². The monoisotopic (exact) mass is 512 g/mol. The summed E-state index contributed by atoms with van der Waals surface area (Å²) >= 11 is 7.54. The topological polar surface area (TPSA) is 118 Å². The standard InChI is InChI=1S/C23H18ClFN6O3S/c1-10-21(32)27-16(13-9-11(25)7-8-14(13)24)18-19(28-20(31(10)18)23(34)26-2)29-22(33)17-12-5-3-4-6-15(12)35-30-17/h3-10,16H,1-2H3,(H,26,34)(H,27,32)(H,29,33)/t10-,16+/m0/s1. The van der Waals surface area contributed by atoms with Crippen molar-refractivity contribution in [3.05, 3.63) is 76.1 Å². The molecule has 3 heterocycles. The van der Waals surface area contributed by atoms with Crippen molar-refractivity contribution in [2.75, 3.05) is 12.4 Å². The third kappa shape index (κ3) is 3.82. The zero-order valence-electron chi connectivity index (χ0n) is 18.4. The highest BCUT2D eigenvalue weighted by molar-refractivity contribution is 7.13. The number of aromatic nitrogens is 3. The van der Waals surface area contributed by atoms with E-state index < -0.39 is 35.6 Å². The van der Waals surface area contributed by atoms with E-state index in [1.165, 1.54) is 41.3 Å². The number of amides is 3. The van der Waals surface area contributed by atoms with Crippen LogP contribution in [0.3, 0.4) is 0 Å². The second-order valence-electron chi connectivity index (χ2n) is 7.88. The maximum absolute atomic E-state index is 14.2. The molecule has 0 aliphatic carbocycles. The van der Waals surface area contributed by atoms with E-state index in [9.17, 15) is 18.8 Å². The maximum atomic E-state index is 14.2. The van der Waals surface area contributed by atoms with Gasteiger partial charge in [-0.3, -0.25) is 14.4 Å². The minimum atomic E-state index is -0.977. The van der Waals surface area contributed by atoms with Crippen molar-refractivity contribution in [1.82, 2.24) is 24.6 Å². The van der Waals surface area contributed by atoms with Crippen LogP contribution < -0.4 is 16.0 Å². The van der Waals surface area contributed by atoms with E-state index in [-0.39, 0.29) is 33.6 Å². The van der Waals surface area contributed by atoms with E-state index in [2.05, 4.69) is 25.3 Å². The third-order valence-corrected chi connectivity index (χ3v) is 6.97. The number of halogens is 2. The van der Waals surface area contributed by atoms with Crippen LogP contribution in [-0.2, 0) is 4.79 Å². The molecular weight excluding hydrogens is 495 g/mol. The third-order valence-electron chi connectivity index (χ3n) is 5.80. The average Bonchev–Trinajstić information content (AvgIpc) is 3.45. The number of carbonyl (C=O) groups is 3. The first-order valence-corrected chi connectivity index (χ1v) is 11.7. The first kappa shape index (κ1) is 22.9. The molecule has 1 aliphatic heterocycles. The van der Waals surface area contributed by atoms with Gasteiger partial charge in [0.25, 0.3) is 11.8 Å². The number of anilines is 1. The molecule has 0 fully saturated rings. The van der Waals surface area contributed by atoms with Crippen molar-refractivity contribution < 1.29 is 18.8 Å². The van der Waals surface area contributed by atoms with Gasteiger partial charge in [0.15, 0.2) is 5.82 Å². The Kier molecular flexibility index (Phi) is 5.73. The Bertz CT molecular complexity index is 1520. The van der Waals surface area contributed by atoms with Crippen LogP contribution in [-0.4, -0.2) is 38.7 Å². The predicted molar refractivity (Wildman–Crippen MR) is 129 cm³/mol. The summed E-state index contributed by atoms with van der Waals surface area (Å²) in [6, 6.07) is 9.23. The molecule has 0 saturated heterocycles. The zero-order valence-corrected chi connectivity index (χ0v) is 20.0. The van der Waals surface area contributed by atoms with Gasteiger partial charge in [0.05, 0.1) is 16.4 Å². The van der Waals surface area contributed by atoms with Crippen molar-refractivity contribution in [1.29, 1.82) is 0 Å². The lowest BCUT2D eigenvalue weighted by Gasteiger charge is -2.31. The largest absolute Gasteiger partial charge is 0.352 e. The molecule has 0 radical (unpaired) electrons. The number of imidazole rings is 1. The lowest BCUT2D eigenvalue weighted by molar-refractivity contribution is -0.125. The molecule has 0 unspecified atom stereocenters. The molecule has 3 N–H and O–H groups in total. The Labute approximate surface area is 207 Å². The molecule has 5 rings (SSSR count). The molecule has 2 aromatic heterocycles. The van der Waals surface area contributed by atoms with Gasteiger partial charge < -0.3 is 20.5 Å². The van der Waals surface area contributed by atoms with Gasteiger partial charge in [-0.2, -0.15) is 4.37 Å². The van der Waals surface area contributed by atoms with E-state index in [0.717, 1.165) is 4.70 Å². The molecular formula is C23H18ClFN6O3S. The first-order valence-electron chi connectivity index (χ1n) is 10.6. The Balaban J connectivity index is 1.68. The lowest BCUT2D eigenvalue weighted by atomic mass is 9.99. The number of rotatable bonds is 4. The molecule has 4 aromatic rings. The van der Waals surface area contributed by atoms with E-state index in [0.29, 0.717) is 5.39 Å². The minimum Gasteiger partial charge on any atom is -0.352 e. The van der Waals surface area contributed by atoms with Crippen LogP contribution in [0.1, 0.15) is 51.4 Å². The van der Waals surface area contributed by atoms with E-state index in [1.807, 2.05) is 12.1 Å². The Morgan fingerprint density at radius 3 is 2.74 bits per heavy atom. The fourth-order valence-electron chi connectivity index (χ4n) is 4.10. The molecule has 0 bridgehead atoms. The minimum absolute atomic E-state index is 0.0304. The number of benzene rings is 2. The van der Waals surface area contributed by atoms with Crippen molar-refractivity contribution in [3.8, 4) is 0 Å². The summed E-state index contributed by atoms with van der Waals surface area (Å²) < 4.78 is 20.7. The number of hydrogen-bond acceptors (Lipinski definition) is 6. The SMILES string of the molecule is CNC(=O)c1nc(NC(=O)c2nsc3ccccc23)c2n1[C@@H](C)C(=O)N[C@@H]2c1cc(F)ccc1Cl. The van der Waals surface area contributed by atoms with Gasteiger partial charge in [-0.15, -0.1) is 0 Å². The number of hydrogen-bond donors (Lipinski definition) is 3. The predicted octanol–water partition coefficient (Wildman–Crippen LogP) is 3.68. The van der Waals surface area contributed by atoms with Crippen molar-refractivity contribution in [2.24, 2.45) is 0 Å². The molecule has 35 heavy (non-hydrogen) atoms. The Morgan fingerprint density at radius 2 is 1.97 bits per heavy atom. The maximum Gasteiger partial charge on any atom is 0.287 e. The Hall–Kier alpha value is -3.83. The average molecular weight is 513 g/mol. The Morgan fingerprint density at radius 1 is 1.20 bits per heavy atom. The summed E-state index contributed by atoms with van der Waals surface area (Å²) in [5.41, 5.74) is 0.740. The quantitative estimate of drug-likeness (QED) is 0.385. The zero-order chi connectivity index (χ0) is 24.9. The first-order chi connectivity index (χ1) is 16.8. The molecule has 2 atom stereocenters. The smallest absolute Gasteiger partial charge is 0.287 e. The van der Waals surface area contributed by atoms with Gasteiger partial charge in [-0.25, -0.2) is 9.37 Å². The van der Waals surface area contributed by atoms with Crippen LogP contribution in [0.4, 0.5) is 10.2 Å². The van der Waals surface area contributed by atoms with Gasteiger partial charge >= 0.3 is 0 Å².